The van der Waals surface area contributed by atoms with Gasteiger partial charge in [0.05, 0.1) is 33.9 Å². The van der Waals surface area contributed by atoms with Gasteiger partial charge in [0.1, 0.15) is 11.5 Å². The van der Waals surface area contributed by atoms with Crippen molar-refractivity contribution in [2.24, 2.45) is 0 Å². The topological polar surface area (TPSA) is 105 Å². The number of ether oxygens (including phenoxy) is 1. The Labute approximate surface area is 230 Å². The highest BCUT2D eigenvalue weighted by Gasteiger charge is 2.37. The summed E-state index contributed by atoms with van der Waals surface area (Å²) in [5.74, 6) is 0.217. The maximum atomic E-state index is 11.7. The quantitative estimate of drug-likeness (QED) is 0.296. The van der Waals surface area contributed by atoms with Crippen LogP contribution in [0.2, 0.25) is 10.0 Å². The highest BCUT2D eigenvalue weighted by Crippen LogP contribution is 2.47. The number of halogens is 2. The van der Waals surface area contributed by atoms with Crippen molar-refractivity contribution in [1.29, 1.82) is 0 Å². The Morgan fingerprint density at radius 2 is 1.87 bits per heavy atom. The Balaban J connectivity index is 1.17. The molecule has 0 amide bonds. The SMILES string of the molecule is O=C(O)C1=CCNc2ccc(C3(O)CCC(OCc4c(-c5c(Cl)cccc5Cl)noc4C4CC4)CC3)cc21. The van der Waals surface area contributed by atoms with Crippen molar-refractivity contribution in [3.05, 3.63) is 75.0 Å². The molecule has 2 heterocycles. The Kier molecular flexibility index (Phi) is 6.72. The van der Waals surface area contributed by atoms with Crippen molar-refractivity contribution in [2.75, 3.05) is 11.9 Å². The number of benzene rings is 2. The van der Waals surface area contributed by atoms with E-state index >= 15 is 0 Å². The van der Waals surface area contributed by atoms with E-state index in [1.807, 2.05) is 12.1 Å². The van der Waals surface area contributed by atoms with Crippen molar-refractivity contribution in [2.45, 2.75) is 62.8 Å². The average Bonchev–Trinajstić information content (AvgIpc) is 3.67. The van der Waals surface area contributed by atoms with Gasteiger partial charge in [0.25, 0.3) is 0 Å². The van der Waals surface area contributed by atoms with Crippen LogP contribution in [-0.4, -0.2) is 34.0 Å². The van der Waals surface area contributed by atoms with E-state index in [4.69, 9.17) is 32.5 Å². The van der Waals surface area contributed by atoms with Crippen LogP contribution in [0.3, 0.4) is 0 Å². The molecule has 2 aromatic carbocycles. The highest BCUT2D eigenvalue weighted by molar-refractivity contribution is 6.39. The van der Waals surface area contributed by atoms with Gasteiger partial charge >= 0.3 is 5.97 Å². The number of fused-ring (bicyclic) bond motifs is 1. The van der Waals surface area contributed by atoms with Crippen LogP contribution in [0.1, 0.15) is 66.9 Å². The second-order valence-corrected chi connectivity index (χ2v) is 11.2. The Hall–Kier alpha value is -2.84. The lowest BCUT2D eigenvalue weighted by atomic mass is 9.77. The number of carboxylic acids is 1. The number of nitrogens with one attached hydrogen (secondary N) is 1. The molecular formula is C29H28Cl2N2O5. The fraction of sp³-hybridized carbons (Fsp3) is 0.379. The van der Waals surface area contributed by atoms with E-state index in [1.165, 1.54) is 0 Å². The van der Waals surface area contributed by atoms with Gasteiger partial charge in [-0.1, -0.05) is 46.6 Å². The lowest BCUT2D eigenvalue weighted by Crippen LogP contribution is -2.34. The summed E-state index contributed by atoms with van der Waals surface area (Å²) in [5, 5.41) is 29.7. The Morgan fingerprint density at radius 1 is 1.13 bits per heavy atom. The number of carbonyl (C=O) groups is 1. The fourth-order valence-corrected chi connectivity index (χ4v) is 6.14. The third-order valence-corrected chi connectivity index (χ3v) is 8.50. The molecule has 3 N–H and O–H groups in total. The van der Waals surface area contributed by atoms with E-state index in [0.29, 0.717) is 71.6 Å². The van der Waals surface area contributed by atoms with Crippen molar-refractivity contribution >= 4 is 40.4 Å². The van der Waals surface area contributed by atoms with Crippen molar-refractivity contribution in [3.8, 4) is 11.3 Å². The Bertz CT molecular complexity index is 1400. The van der Waals surface area contributed by atoms with E-state index in [1.54, 1.807) is 30.3 Å². The molecule has 7 nitrogen and oxygen atoms in total. The zero-order valence-electron chi connectivity index (χ0n) is 20.7. The van der Waals surface area contributed by atoms with E-state index in [9.17, 15) is 15.0 Å². The van der Waals surface area contributed by atoms with Crippen LogP contribution in [-0.2, 0) is 21.7 Å². The van der Waals surface area contributed by atoms with E-state index < -0.39 is 11.6 Å². The summed E-state index contributed by atoms with van der Waals surface area (Å²) >= 11 is 12.9. The minimum absolute atomic E-state index is 0.0411. The molecule has 2 fully saturated rings. The minimum atomic E-state index is -1.04. The summed E-state index contributed by atoms with van der Waals surface area (Å²) in [6.07, 6.45) is 6.09. The van der Waals surface area contributed by atoms with Gasteiger partial charge < -0.3 is 24.8 Å². The number of anilines is 1. The smallest absolute Gasteiger partial charge is 0.336 e. The van der Waals surface area contributed by atoms with E-state index in [2.05, 4.69) is 10.5 Å². The fourth-order valence-electron chi connectivity index (χ4n) is 5.56. The van der Waals surface area contributed by atoms with Crippen LogP contribution in [0.5, 0.6) is 0 Å². The lowest BCUT2D eigenvalue weighted by molar-refractivity contribution is -0.130. The summed E-state index contributed by atoms with van der Waals surface area (Å²) in [6.45, 7) is 0.795. The second kappa shape index (κ2) is 10.0. The summed E-state index contributed by atoms with van der Waals surface area (Å²) < 4.78 is 12.1. The number of hydrogen-bond donors (Lipinski definition) is 3. The Morgan fingerprint density at radius 3 is 2.55 bits per heavy atom. The second-order valence-electron chi connectivity index (χ2n) is 10.4. The van der Waals surface area contributed by atoms with Crippen LogP contribution < -0.4 is 5.32 Å². The first-order valence-electron chi connectivity index (χ1n) is 12.9. The molecule has 198 valence electrons. The molecule has 0 unspecified atom stereocenters. The normalized spacial score (nSPS) is 22.9. The zero-order chi connectivity index (χ0) is 26.4. The van der Waals surface area contributed by atoms with Gasteiger partial charge in [0.2, 0.25) is 0 Å². The number of aromatic nitrogens is 1. The first kappa shape index (κ1) is 25.4. The van der Waals surface area contributed by atoms with Crippen LogP contribution in [0, 0.1) is 0 Å². The predicted octanol–water partition coefficient (Wildman–Crippen LogP) is 6.77. The van der Waals surface area contributed by atoms with Gasteiger partial charge in [-0.2, -0.15) is 0 Å². The molecule has 2 aliphatic carbocycles. The van der Waals surface area contributed by atoms with Gasteiger partial charge in [-0.3, -0.25) is 0 Å². The molecule has 0 atom stereocenters. The van der Waals surface area contributed by atoms with Crippen molar-refractivity contribution in [1.82, 2.24) is 5.16 Å². The number of carboxylic acid groups (broad SMARTS) is 1. The zero-order valence-corrected chi connectivity index (χ0v) is 22.2. The molecule has 0 bridgehead atoms. The third-order valence-electron chi connectivity index (χ3n) is 7.87. The summed E-state index contributed by atoms with van der Waals surface area (Å²) in [4.78, 5) is 11.7. The number of aliphatic hydroxyl groups is 1. The molecule has 2 saturated carbocycles. The van der Waals surface area contributed by atoms with Gasteiger partial charge in [0, 0.05) is 34.8 Å². The van der Waals surface area contributed by atoms with Crippen molar-refractivity contribution in [3.63, 3.8) is 0 Å². The number of hydrogen-bond acceptors (Lipinski definition) is 6. The standard InChI is InChI=1S/C29H28Cl2N2O5/c30-22-2-1-3-23(31)25(22)26-21(27(38-33-26)16-4-5-16)15-37-18-8-11-29(36,12-9-18)17-6-7-24-20(14-17)19(28(34)35)10-13-32-24/h1-3,6-7,10,14,16,18,32,36H,4-5,8-9,11-13,15H2,(H,34,35). The summed E-state index contributed by atoms with van der Waals surface area (Å²) in [5.41, 5.74) is 3.50. The monoisotopic (exact) mass is 554 g/mol. The molecule has 6 rings (SSSR count). The van der Waals surface area contributed by atoms with E-state index in [0.717, 1.165) is 35.4 Å². The number of aliphatic carboxylic acids is 1. The molecule has 0 spiro atoms. The van der Waals surface area contributed by atoms with Crippen LogP contribution >= 0.6 is 23.2 Å². The number of rotatable bonds is 7. The first-order valence-corrected chi connectivity index (χ1v) is 13.7. The van der Waals surface area contributed by atoms with Crippen molar-refractivity contribution < 1.29 is 24.3 Å². The van der Waals surface area contributed by atoms with Crippen LogP contribution in [0.4, 0.5) is 5.69 Å². The summed E-state index contributed by atoms with van der Waals surface area (Å²) in [7, 11) is 0. The first-order chi connectivity index (χ1) is 18.3. The molecule has 38 heavy (non-hydrogen) atoms. The van der Waals surface area contributed by atoms with Gasteiger partial charge in [0.15, 0.2) is 0 Å². The predicted molar refractivity (Wildman–Crippen MR) is 145 cm³/mol. The molecular weight excluding hydrogens is 527 g/mol. The molecule has 3 aliphatic rings. The largest absolute Gasteiger partial charge is 0.478 e. The van der Waals surface area contributed by atoms with Gasteiger partial charge in [-0.15, -0.1) is 0 Å². The summed E-state index contributed by atoms with van der Waals surface area (Å²) in [6, 6.07) is 10.9. The van der Waals surface area contributed by atoms with E-state index in [-0.39, 0.29) is 11.7 Å². The maximum Gasteiger partial charge on any atom is 0.336 e. The average molecular weight is 555 g/mol. The molecule has 0 saturated heterocycles. The molecule has 1 aliphatic heterocycles. The highest BCUT2D eigenvalue weighted by atomic mass is 35.5. The van der Waals surface area contributed by atoms with Crippen LogP contribution in [0.25, 0.3) is 16.8 Å². The van der Waals surface area contributed by atoms with Crippen LogP contribution in [0.15, 0.2) is 47.0 Å². The van der Waals surface area contributed by atoms with Gasteiger partial charge in [-0.05, 0) is 68.4 Å². The third kappa shape index (κ3) is 4.73. The lowest BCUT2D eigenvalue weighted by Gasteiger charge is -2.37. The van der Waals surface area contributed by atoms with Gasteiger partial charge in [-0.25, -0.2) is 4.79 Å². The minimum Gasteiger partial charge on any atom is -0.478 e. The number of nitrogens with zero attached hydrogens (tertiary/aromatic N) is 1. The molecule has 9 heteroatoms. The maximum absolute atomic E-state index is 11.7. The molecule has 1 aromatic heterocycles. The molecule has 3 aromatic rings. The molecule has 0 radical (unpaired) electrons.